The molecule has 226 valence electrons. The second-order valence-corrected chi connectivity index (χ2v) is 13.3. The first kappa shape index (κ1) is 30.2. The minimum Gasteiger partial charge on any atom is -0.444 e. The highest BCUT2D eigenvalue weighted by Crippen LogP contribution is 2.48. The number of hydrogen-bond acceptors (Lipinski definition) is 6. The lowest BCUT2D eigenvalue weighted by molar-refractivity contribution is -0.137. The topological polar surface area (TPSA) is 67.7 Å². The van der Waals surface area contributed by atoms with Crippen molar-refractivity contribution >= 4 is 34.6 Å². The highest BCUT2D eigenvalue weighted by molar-refractivity contribution is 7.99. The third-order valence-electron chi connectivity index (χ3n) is 7.47. The van der Waals surface area contributed by atoms with Crippen LogP contribution >= 0.6 is 11.8 Å². The second-order valence-electron chi connectivity index (χ2n) is 12.3. The van der Waals surface area contributed by atoms with Gasteiger partial charge >= 0.3 is 18.0 Å². The van der Waals surface area contributed by atoms with Crippen molar-refractivity contribution in [3.8, 4) is 11.1 Å². The van der Waals surface area contributed by atoms with E-state index in [4.69, 9.17) is 4.74 Å². The first-order valence-corrected chi connectivity index (χ1v) is 14.9. The highest BCUT2D eigenvalue weighted by atomic mass is 32.2. The van der Waals surface area contributed by atoms with Crippen LogP contribution in [0.4, 0.5) is 28.2 Å². The molecule has 2 aliphatic rings. The van der Waals surface area contributed by atoms with Crippen LogP contribution < -0.4 is 10.6 Å². The van der Waals surface area contributed by atoms with E-state index in [2.05, 4.69) is 4.98 Å². The largest absolute Gasteiger partial charge is 0.444 e. The molecule has 0 bridgehead atoms. The normalized spacial score (nSPS) is 21.4. The molecule has 3 atom stereocenters. The van der Waals surface area contributed by atoms with Crippen LogP contribution in [0.25, 0.3) is 22.0 Å². The standard InChI is InChI=1S/C30H34F4N4O3S/c1-16-12-37-24-21(11-22(30(32,33)34)23(25(24)42-15-16)19-7-9-20(31)10-8-19)26(35-27(37)39)36-13-17(2)38(18(3)14-36)28(40)41-29(4,5)6/h7-11,16-18H,12-15H2,1-6H3/t16?,17-,18+. The monoisotopic (exact) mass is 606 g/mol. The molecule has 12 heteroatoms. The van der Waals surface area contributed by atoms with Crippen LogP contribution in [0.2, 0.25) is 0 Å². The van der Waals surface area contributed by atoms with Gasteiger partial charge in [-0.3, -0.25) is 9.47 Å². The van der Waals surface area contributed by atoms with Crippen LogP contribution in [0.15, 0.2) is 40.0 Å². The third-order valence-corrected chi connectivity index (χ3v) is 8.89. The molecule has 1 fully saturated rings. The highest BCUT2D eigenvalue weighted by Gasteiger charge is 2.40. The Morgan fingerprint density at radius 1 is 1.02 bits per heavy atom. The number of carbonyl (C=O) groups is 1. The molecule has 0 N–H and O–H groups in total. The van der Waals surface area contributed by atoms with E-state index in [0.29, 0.717) is 22.7 Å². The van der Waals surface area contributed by atoms with Gasteiger partial charge in [-0.05, 0) is 64.3 Å². The minimum atomic E-state index is -4.73. The average molecular weight is 607 g/mol. The second kappa shape index (κ2) is 10.8. The van der Waals surface area contributed by atoms with Gasteiger partial charge in [0.1, 0.15) is 17.2 Å². The van der Waals surface area contributed by atoms with E-state index < -0.39 is 34.9 Å². The number of anilines is 1. The van der Waals surface area contributed by atoms with E-state index in [1.807, 2.05) is 20.8 Å². The zero-order chi connectivity index (χ0) is 30.7. The third kappa shape index (κ3) is 5.69. The number of amides is 1. The number of ether oxygens (including phenoxy) is 1. The number of alkyl halides is 3. The van der Waals surface area contributed by atoms with Gasteiger partial charge in [-0.25, -0.2) is 14.0 Å². The van der Waals surface area contributed by atoms with E-state index in [9.17, 15) is 27.2 Å². The lowest BCUT2D eigenvalue weighted by Gasteiger charge is -2.45. The van der Waals surface area contributed by atoms with Crippen LogP contribution in [0, 0.1) is 11.7 Å². The van der Waals surface area contributed by atoms with Gasteiger partial charge in [-0.2, -0.15) is 18.2 Å². The smallest absolute Gasteiger partial charge is 0.417 e. The van der Waals surface area contributed by atoms with Gasteiger partial charge < -0.3 is 9.64 Å². The van der Waals surface area contributed by atoms with E-state index in [1.165, 1.54) is 28.5 Å². The summed E-state index contributed by atoms with van der Waals surface area (Å²) in [6.45, 7) is 11.7. The SMILES string of the molecule is CC1CSc2c(-c3ccc(F)cc3)c(C(F)(F)F)cc3c(N4C[C@@H](C)N(C(=O)OC(C)(C)C)[C@@H](C)C4)nc(=O)n(c23)C1. The lowest BCUT2D eigenvalue weighted by Crippen LogP contribution is -2.59. The van der Waals surface area contributed by atoms with E-state index >= 15 is 0 Å². The molecule has 7 nitrogen and oxygen atoms in total. The van der Waals surface area contributed by atoms with Gasteiger partial charge in [0, 0.05) is 41.2 Å². The summed E-state index contributed by atoms with van der Waals surface area (Å²) < 4.78 is 65.1. The van der Waals surface area contributed by atoms with Crippen LogP contribution in [-0.4, -0.2) is 57.1 Å². The molecule has 5 rings (SSSR count). The van der Waals surface area contributed by atoms with Crippen molar-refractivity contribution in [3.63, 3.8) is 0 Å². The number of piperazine rings is 1. The number of aromatic nitrogens is 2. The van der Waals surface area contributed by atoms with Crippen molar-refractivity contribution in [2.75, 3.05) is 23.7 Å². The van der Waals surface area contributed by atoms with E-state index in [1.54, 1.807) is 30.6 Å². The molecule has 0 saturated carbocycles. The summed E-state index contributed by atoms with van der Waals surface area (Å²) in [6, 6.07) is 5.27. The molecular weight excluding hydrogens is 572 g/mol. The van der Waals surface area contributed by atoms with E-state index in [0.717, 1.165) is 18.2 Å². The fraction of sp³-hybridized carbons (Fsp3) is 0.500. The fourth-order valence-corrected chi connectivity index (χ4v) is 7.12. The first-order valence-electron chi connectivity index (χ1n) is 13.9. The van der Waals surface area contributed by atoms with Crippen molar-refractivity contribution in [1.82, 2.24) is 14.5 Å². The summed E-state index contributed by atoms with van der Waals surface area (Å²) in [6.07, 6.45) is -5.21. The lowest BCUT2D eigenvalue weighted by atomic mass is 9.96. The molecule has 0 radical (unpaired) electrons. The summed E-state index contributed by atoms with van der Waals surface area (Å²) in [4.78, 5) is 34.6. The Kier molecular flexibility index (Phi) is 7.74. The molecule has 1 aromatic heterocycles. The summed E-state index contributed by atoms with van der Waals surface area (Å²) in [5.41, 5.74) is -1.58. The number of thioether (sulfide) groups is 1. The Morgan fingerprint density at radius 2 is 1.64 bits per heavy atom. The maximum Gasteiger partial charge on any atom is 0.417 e. The van der Waals surface area contributed by atoms with Gasteiger partial charge in [-0.15, -0.1) is 11.8 Å². The predicted molar refractivity (Wildman–Crippen MR) is 155 cm³/mol. The van der Waals surface area contributed by atoms with Gasteiger partial charge in [0.2, 0.25) is 0 Å². The Morgan fingerprint density at radius 3 is 2.21 bits per heavy atom. The van der Waals surface area contributed by atoms with Crippen molar-refractivity contribution in [3.05, 3.63) is 52.2 Å². The van der Waals surface area contributed by atoms with Crippen molar-refractivity contribution in [2.45, 2.75) is 76.8 Å². The molecule has 1 saturated heterocycles. The molecule has 42 heavy (non-hydrogen) atoms. The Labute approximate surface area is 245 Å². The Balaban J connectivity index is 1.72. The number of hydrogen-bond donors (Lipinski definition) is 0. The molecule has 3 aromatic rings. The zero-order valence-corrected chi connectivity index (χ0v) is 25.2. The number of benzene rings is 2. The van der Waals surface area contributed by atoms with Crippen LogP contribution in [0.1, 0.15) is 47.1 Å². The molecular formula is C30H34F4N4O3S. The number of halogens is 4. The Bertz CT molecular complexity index is 1570. The maximum atomic E-state index is 14.8. The molecule has 3 heterocycles. The van der Waals surface area contributed by atoms with Crippen molar-refractivity contribution < 1.29 is 27.1 Å². The van der Waals surface area contributed by atoms with Crippen molar-refractivity contribution in [2.24, 2.45) is 5.92 Å². The molecule has 2 aromatic carbocycles. The molecule has 1 unspecified atom stereocenters. The minimum absolute atomic E-state index is 0.0104. The number of nitrogens with zero attached hydrogens (tertiary/aromatic N) is 4. The summed E-state index contributed by atoms with van der Waals surface area (Å²) in [5, 5.41) is 0.217. The van der Waals surface area contributed by atoms with Gasteiger partial charge in [0.05, 0.1) is 23.2 Å². The zero-order valence-electron chi connectivity index (χ0n) is 24.4. The van der Waals surface area contributed by atoms with Crippen molar-refractivity contribution in [1.29, 1.82) is 0 Å². The average Bonchev–Trinajstić information content (AvgIpc) is 3.04. The summed E-state index contributed by atoms with van der Waals surface area (Å²) >= 11 is 1.27. The quantitative estimate of drug-likeness (QED) is 0.299. The van der Waals surface area contributed by atoms with Gasteiger partial charge in [0.25, 0.3) is 0 Å². The number of carbonyl (C=O) groups excluding carboxylic acids is 1. The molecule has 2 aliphatic heterocycles. The maximum absolute atomic E-state index is 14.8. The van der Waals surface area contributed by atoms with Crippen LogP contribution in [0.5, 0.6) is 0 Å². The molecule has 0 spiro atoms. The first-order chi connectivity index (χ1) is 19.5. The molecule has 0 aliphatic carbocycles. The van der Waals surface area contributed by atoms with Crippen LogP contribution in [-0.2, 0) is 17.5 Å². The van der Waals surface area contributed by atoms with E-state index in [-0.39, 0.29) is 53.4 Å². The van der Waals surface area contributed by atoms with Crippen LogP contribution in [0.3, 0.4) is 0 Å². The summed E-state index contributed by atoms with van der Waals surface area (Å²) in [5.74, 6) is 0.0754. The molecule has 1 amide bonds. The van der Waals surface area contributed by atoms with Gasteiger partial charge in [0.15, 0.2) is 0 Å². The Hall–Kier alpha value is -3.28. The predicted octanol–water partition coefficient (Wildman–Crippen LogP) is 6.80. The van der Waals surface area contributed by atoms with Gasteiger partial charge in [-0.1, -0.05) is 19.1 Å². The fourth-order valence-electron chi connectivity index (χ4n) is 5.83. The number of rotatable bonds is 2. The summed E-state index contributed by atoms with van der Waals surface area (Å²) in [7, 11) is 0.